The molecular formula is C25H33NO2. The van der Waals surface area contributed by atoms with Crippen LogP contribution in [0.25, 0.3) is 0 Å². The number of carbonyl (C=O) groups is 1. The van der Waals surface area contributed by atoms with E-state index in [0.29, 0.717) is 12.6 Å². The summed E-state index contributed by atoms with van der Waals surface area (Å²) in [5.74, 6) is -0.519. The minimum absolute atomic E-state index is 0.155. The standard InChI is InChI=1S/C25H33NO2/c1-2-18-26(23-16-10-5-11-17-23)19-20-28-25(27)24(21-12-6-3-7-13-21)22-14-8-4-9-15-22/h3-4,6-9,12-15,23-24H,2,5,10-11,16-20H2,1H3. The molecule has 28 heavy (non-hydrogen) atoms. The van der Waals surface area contributed by atoms with Crippen molar-refractivity contribution in [2.45, 2.75) is 57.4 Å². The molecule has 0 spiro atoms. The molecule has 0 aromatic heterocycles. The van der Waals surface area contributed by atoms with Gasteiger partial charge in [0.2, 0.25) is 0 Å². The van der Waals surface area contributed by atoms with E-state index in [9.17, 15) is 4.79 Å². The van der Waals surface area contributed by atoms with Gasteiger partial charge in [-0.2, -0.15) is 0 Å². The Hall–Kier alpha value is -2.13. The molecule has 0 radical (unpaired) electrons. The van der Waals surface area contributed by atoms with Gasteiger partial charge in [-0.3, -0.25) is 9.69 Å². The van der Waals surface area contributed by atoms with E-state index in [1.807, 2.05) is 60.7 Å². The van der Waals surface area contributed by atoms with Crippen LogP contribution in [0.1, 0.15) is 62.5 Å². The summed E-state index contributed by atoms with van der Waals surface area (Å²) in [7, 11) is 0. The van der Waals surface area contributed by atoms with Crippen LogP contribution in [0.15, 0.2) is 60.7 Å². The second-order valence-electron chi connectivity index (χ2n) is 7.75. The number of hydrogen-bond donors (Lipinski definition) is 0. The predicted octanol–water partition coefficient (Wildman–Crippen LogP) is 5.41. The maximum Gasteiger partial charge on any atom is 0.317 e. The first-order valence-corrected chi connectivity index (χ1v) is 10.8. The van der Waals surface area contributed by atoms with Crippen molar-refractivity contribution in [1.82, 2.24) is 4.90 Å². The lowest BCUT2D eigenvalue weighted by Crippen LogP contribution is -2.40. The van der Waals surface area contributed by atoms with Gasteiger partial charge in [-0.15, -0.1) is 0 Å². The van der Waals surface area contributed by atoms with E-state index < -0.39 is 0 Å². The predicted molar refractivity (Wildman–Crippen MR) is 114 cm³/mol. The van der Waals surface area contributed by atoms with Gasteiger partial charge in [-0.1, -0.05) is 86.8 Å². The van der Waals surface area contributed by atoms with Crippen LogP contribution >= 0.6 is 0 Å². The number of benzene rings is 2. The lowest BCUT2D eigenvalue weighted by Gasteiger charge is -2.34. The van der Waals surface area contributed by atoms with Gasteiger partial charge < -0.3 is 4.74 Å². The van der Waals surface area contributed by atoms with E-state index in [-0.39, 0.29) is 11.9 Å². The van der Waals surface area contributed by atoms with Gasteiger partial charge in [-0.25, -0.2) is 0 Å². The molecule has 0 aliphatic heterocycles. The highest BCUT2D eigenvalue weighted by Gasteiger charge is 2.25. The SMILES string of the molecule is CCCN(CCOC(=O)C(c1ccccc1)c1ccccc1)C1CCCCC1. The van der Waals surface area contributed by atoms with E-state index in [1.165, 1.54) is 32.1 Å². The van der Waals surface area contributed by atoms with Gasteiger partial charge >= 0.3 is 5.97 Å². The number of esters is 1. The van der Waals surface area contributed by atoms with Crippen LogP contribution in [0.4, 0.5) is 0 Å². The zero-order valence-electron chi connectivity index (χ0n) is 17.1. The Labute approximate surface area is 169 Å². The van der Waals surface area contributed by atoms with Crippen LogP contribution in [0, 0.1) is 0 Å². The molecule has 3 nitrogen and oxygen atoms in total. The van der Waals surface area contributed by atoms with Crippen molar-refractivity contribution >= 4 is 5.97 Å². The fourth-order valence-electron chi connectivity index (χ4n) is 4.31. The minimum Gasteiger partial charge on any atom is -0.464 e. The Balaban J connectivity index is 1.63. The molecule has 1 saturated carbocycles. The summed E-state index contributed by atoms with van der Waals surface area (Å²) in [5, 5.41) is 0. The van der Waals surface area contributed by atoms with Crippen LogP contribution in [0.3, 0.4) is 0 Å². The molecule has 0 N–H and O–H groups in total. The van der Waals surface area contributed by atoms with Crippen LogP contribution in [0.2, 0.25) is 0 Å². The molecule has 0 heterocycles. The third-order valence-corrected chi connectivity index (χ3v) is 5.73. The molecule has 3 rings (SSSR count). The summed E-state index contributed by atoms with van der Waals surface area (Å²) in [4.78, 5) is 15.6. The van der Waals surface area contributed by atoms with E-state index in [4.69, 9.17) is 4.74 Å². The summed E-state index contributed by atoms with van der Waals surface area (Å²) in [5.41, 5.74) is 1.97. The fourth-order valence-corrected chi connectivity index (χ4v) is 4.31. The smallest absolute Gasteiger partial charge is 0.317 e. The maximum atomic E-state index is 13.0. The van der Waals surface area contributed by atoms with Crippen LogP contribution in [-0.4, -0.2) is 36.6 Å². The quantitative estimate of drug-likeness (QED) is 0.546. The van der Waals surface area contributed by atoms with Gasteiger partial charge in [0.05, 0.1) is 0 Å². The van der Waals surface area contributed by atoms with Crippen molar-refractivity contribution in [3.05, 3.63) is 71.8 Å². The minimum atomic E-state index is -0.364. The molecule has 150 valence electrons. The molecule has 1 aliphatic rings. The average Bonchev–Trinajstić information content (AvgIpc) is 2.75. The monoisotopic (exact) mass is 379 g/mol. The van der Waals surface area contributed by atoms with Crippen LogP contribution in [-0.2, 0) is 9.53 Å². The second kappa shape index (κ2) is 11.0. The first-order valence-electron chi connectivity index (χ1n) is 10.8. The highest BCUT2D eigenvalue weighted by atomic mass is 16.5. The van der Waals surface area contributed by atoms with Gasteiger partial charge in [0, 0.05) is 12.6 Å². The zero-order valence-corrected chi connectivity index (χ0v) is 17.1. The first kappa shape index (κ1) is 20.6. The molecular weight excluding hydrogens is 346 g/mol. The first-order chi connectivity index (χ1) is 13.8. The highest BCUT2D eigenvalue weighted by molar-refractivity contribution is 5.82. The lowest BCUT2D eigenvalue weighted by molar-refractivity contribution is -0.145. The number of rotatable bonds is 9. The Morgan fingerprint density at radius 2 is 1.50 bits per heavy atom. The third-order valence-electron chi connectivity index (χ3n) is 5.73. The van der Waals surface area contributed by atoms with E-state index in [1.54, 1.807) is 0 Å². The van der Waals surface area contributed by atoms with Gasteiger partial charge in [0.25, 0.3) is 0 Å². The molecule has 3 heteroatoms. The van der Waals surface area contributed by atoms with Crippen molar-refractivity contribution in [1.29, 1.82) is 0 Å². The third kappa shape index (κ3) is 5.68. The summed E-state index contributed by atoms with van der Waals surface area (Å²) in [6, 6.07) is 20.5. The fraction of sp³-hybridized carbons (Fsp3) is 0.480. The van der Waals surface area contributed by atoms with Crippen molar-refractivity contribution in [2.24, 2.45) is 0 Å². The Morgan fingerprint density at radius 3 is 2.04 bits per heavy atom. The van der Waals surface area contributed by atoms with E-state index >= 15 is 0 Å². The van der Waals surface area contributed by atoms with Crippen molar-refractivity contribution in [3.8, 4) is 0 Å². The van der Waals surface area contributed by atoms with Crippen LogP contribution < -0.4 is 0 Å². The zero-order chi connectivity index (χ0) is 19.6. The van der Waals surface area contributed by atoms with Gasteiger partial charge in [0.1, 0.15) is 12.5 Å². The van der Waals surface area contributed by atoms with Crippen LogP contribution in [0.5, 0.6) is 0 Å². The summed E-state index contributed by atoms with van der Waals surface area (Å²) < 4.78 is 5.80. The molecule has 0 bridgehead atoms. The number of carbonyl (C=O) groups excluding carboxylic acids is 1. The summed E-state index contributed by atoms with van der Waals surface area (Å²) in [6.07, 6.45) is 7.72. The van der Waals surface area contributed by atoms with Crippen molar-refractivity contribution in [2.75, 3.05) is 19.7 Å². The topological polar surface area (TPSA) is 29.5 Å². The molecule has 0 atom stereocenters. The molecule has 0 saturated heterocycles. The molecule has 2 aromatic rings. The Kier molecular flexibility index (Phi) is 8.10. The van der Waals surface area contributed by atoms with Gasteiger partial charge in [0.15, 0.2) is 0 Å². The number of ether oxygens (including phenoxy) is 1. The Bertz CT molecular complexity index is 656. The second-order valence-corrected chi connectivity index (χ2v) is 7.75. The Morgan fingerprint density at radius 1 is 0.929 bits per heavy atom. The lowest BCUT2D eigenvalue weighted by atomic mass is 9.91. The molecule has 2 aromatic carbocycles. The molecule has 1 aliphatic carbocycles. The van der Waals surface area contributed by atoms with E-state index in [0.717, 1.165) is 30.6 Å². The average molecular weight is 380 g/mol. The molecule has 0 unspecified atom stereocenters. The van der Waals surface area contributed by atoms with Gasteiger partial charge in [-0.05, 0) is 36.9 Å². The van der Waals surface area contributed by atoms with Crippen molar-refractivity contribution in [3.63, 3.8) is 0 Å². The van der Waals surface area contributed by atoms with Crippen molar-refractivity contribution < 1.29 is 9.53 Å². The molecule has 0 amide bonds. The van der Waals surface area contributed by atoms with E-state index in [2.05, 4.69) is 11.8 Å². The summed E-state index contributed by atoms with van der Waals surface area (Å²) >= 11 is 0. The normalized spacial score (nSPS) is 15.1. The summed E-state index contributed by atoms with van der Waals surface area (Å²) in [6.45, 7) is 4.61. The highest BCUT2D eigenvalue weighted by Crippen LogP contribution is 2.26. The number of hydrogen-bond acceptors (Lipinski definition) is 3. The number of nitrogens with zero attached hydrogens (tertiary/aromatic N) is 1. The molecule has 1 fully saturated rings. The maximum absolute atomic E-state index is 13.0. The largest absolute Gasteiger partial charge is 0.464 e.